The monoisotopic (exact) mass is 295 g/mol. The minimum absolute atomic E-state index is 0.150. The summed E-state index contributed by atoms with van der Waals surface area (Å²) in [6.45, 7) is 0.383. The highest BCUT2D eigenvalue weighted by Gasteiger charge is 2.41. The second-order valence-corrected chi connectivity index (χ2v) is 5.52. The molecule has 2 rings (SSSR count). The molecule has 7 heteroatoms. The summed E-state index contributed by atoms with van der Waals surface area (Å²) in [4.78, 5) is 12.0. The SMILES string of the molecule is O=C(CNCC(F)(F)F)C1CCOC2(CCOCC2)C1. The fraction of sp³-hybridized carbons (Fsp3) is 0.923. The third-order valence-electron chi connectivity index (χ3n) is 3.98. The van der Waals surface area contributed by atoms with Crippen LogP contribution in [0.25, 0.3) is 0 Å². The van der Waals surface area contributed by atoms with Crippen LogP contribution in [0, 0.1) is 5.92 Å². The molecule has 1 N–H and O–H groups in total. The smallest absolute Gasteiger partial charge is 0.381 e. The highest BCUT2D eigenvalue weighted by molar-refractivity contribution is 5.83. The van der Waals surface area contributed by atoms with E-state index in [4.69, 9.17) is 9.47 Å². The number of nitrogens with one attached hydrogen (secondary N) is 1. The standard InChI is InChI=1S/C13H20F3NO3/c14-13(15,16)9-17-8-11(18)10-1-4-20-12(7-10)2-5-19-6-3-12/h10,17H,1-9H2. The maximum Gasteiger partial charge on any atom is 0.401 e. The van der Waals surface area contributed by atoms with Gasteiger partial charge in [0, 0.05) is 25.7 Å². The third-order valence-corrected chi connectivity index (χ3v) is 3.98. The van der Waals surface area contributed by atoms with E-state index >= 15 is 0 Å². The molecule has 1 spiro atoms. The second-order valence-electron chi connectivity index (χ2n) is 5.52. The van der Waals surface area contributed by atoms with E-state index in [1.165, 1.54) is 0 Å². The number of hydrogen-bond donors (Lipinski definition) is 1. The molecule has 1 atom stereocenters. The van der Waals surface area contributed by atoms with E-state index < -0.39 is 12.7 Å². The van der Waals surface area contributed by atoms with E-state index in [9.17, 15) is 18.0 Å². The molecule has 2 heterocycles. The molecule has 2 saturated heterocycles. The number of ether oxygens (including phenoxy) is 2. The van der Waals surface area contributed by atoms with Crippen LogP contribution < -0.4 is 5.32 Å². The molecular weight excluding hydrogens is 275 g/mol. The van der Waals surface area contributed by atoms with Crippen molar-refractivity contribution in [1.82, 2.24) is 5.32 Å². The Morgan fingerprint density at radius 3 is 2.60 bits per heavy atom. The molecule has 20 heavy (non-hydrogen) atoms. The second kappa shape index (κ2) is 6.41. The van der Waals surface area contributed by atoms with E-state index in [1.807, 2.05) is 0 Å². The molecule has 2 aliphatic rings. The summed E-state index contributed by atoms with van der Waals surface area (Å²) in [6.07, 6.45) is -1.57. The summed E-state index contributed by atoms with van der Waals surface area (Å²) in [5, 5.41) is 2.17. The van der Waals surface area contributed by atoms with E-state index in [0.717, 1.165) is 12.8 Å². The Hall–Kier alpha value is -0.660. The van der Waals surface area contributed by atoms with Gasteiger partial charge in [-0.25, -0.2) is 0 Å². The average Bonchev–Trinajstić information content (AvgIpc) is 2.38. The van der Waals surface area contributed by atoms with Gasteiger partial charge in [-0.1, -0.05) is 0 Å². The van der Waals surface area contributed by atoms with Gasteiger partial charge in [0.2, 0.25) is 0 Å². The van der Waals surface area contributed by atoms with E-state index in [2.05, 4.69) is 5.32 Å². The quantitative estimate of drug-likeness (QED) is 0.857. The van der Waals surface area contributed by atoms with E-state index in [-0.39, 0.29) is 23.8 Å². The van der Waals surface area contributed by atoms with Crippen LogP contribution in [0.1, 0.15) is 25.7 Å². The summed E-state index contributed by atoms with van der Waals surface area (Å²) >= 11 is 0. The van der Waals surface area contributed by atoms with Crippen LogP contribution in [0.2, 0.25) is 0 Å². The first-order chi connectivity index (χ1) is 9.40. The molecule has 0 amide bonds. The number of carbonyl (C=O) groups excluding carboxylic acids is 1. The van der Waals surface area contributed by atoms with Crippen molar-refractivity contribution in [2.75, 3.05) is 32.9 Å². The first kappa shape index (κ1) is 15.7. The molecule has 1 unspecified atom stereocenters. The number of Topliss-reactive ketones (excluding diaryl/α,β-unsaturated/α-hetero) is 1. The van der Waals surface area contributed by atoms with Crippen LogP contribution in [0.5, 0.6) is 0 Å². The Balaban J connectivity index is 1.81. The predicted molar refractivity (Wildman–Crippen MR) is 65.4 cm³/mol. The number of carbonyl (C=O) groups is 1. The first-order valence-corrected chi connectivity index (χ1v) is 6.92. The summed E-state index contributed by atoms with van der Waals surface area (Å²) in [6, 6.07) is 0. The Labute approximate surface area is 116 Å². The molecule has 2 fully saturated rings. The van der Waals surface area contributed by atoms with Crippen molar-refractivity contribution in [1.29, 1.82) is 0 Å². The van der Waals surface area contributed by atoms with E-state index in [0.29, 0.717) is 32.7 Å². The minimum atomic E-state index is -4.28. The number of halogens is 3. The van der Waals surface area contributed by atoms with Crippen molar-refractivity contribution < 1.29 is 27.4 Å². The topological polar surface area (TPSA) is 47.6 Å². The molecule has 0 saturated carbocycles. The average molecular weight is 295 g/mol. The lowest BCUT2D eigenvalue weighted by Crippen LogP contribution is -2.47. The summed E-state index contributed by atoms with van der Waals surface area (Å²) in [7, 11) is 0. The summed E-state index contributed by atoms with van der Waals surface area (Å²) < 4.78 is 47.2. The highest BCUT2D eigenvalue weighted by atomic mass is 19.4. The minimum Gasteiger partial charge on any atom is -0.381 e. The third kappa shape index (κ3) is 4.43. The number of hydrogen-bond acceptors (Lipinski definition) is 4. The molecule has 4 nitrogen and oxygen atoms in total. The molecule has 0 radical (unpaired) electrons. The fourth-order valence-electron chi connectivity index (χ4n) is 2.87. The number of ketones is 1. The maximum absolute atomic E-state index is 12.0. The Morgan fingerprint density at radius 2 is 1.95 bits per heavy atom. The molecular formula is C13H20F3NO3. The predicted octanol–water partition coefficient (Wildman–Crippen LogP) is 1.68. The van der Waals surface area contributed by atoms with Gasteiger partial charge < -0.3 is 14.8 Å². The summed E-state index contributed by atoms with van der Waals surface area (Å²) in [5.74, 6) is -0.356. The molecule has 0 aliphatic carbocycles. The van der Waals surface area contributed by atoms with Gasteiger partial charge in [-0.15, -0.1) is 0 Å². The van der Waals surface area contributed by atoms with Crippen molar-refractivity contribution in [3.8, 4) is 0 Å². The molecule has 0 aromatic carbocycles. The van der Waals surface area contributed by atoms with Gasteiger partial charge in [0.05, 0.1) is 18.7 Å². The first-order valence-electron chi connectivity index (χ1n) is 6.92. The van der Waals surface area contributed by atoms with Crippen LogP contribution in [-0.2, 0) is 14.3 Å². The maximum atomic E-state index is 12.0. The zero-order chi connectivity index (χ0) is 14.6. The van der Waals surface area contributed by atoms with Crippen molar-refractivity contribution >= 4 is 5.78 Å². The number of rotatable bonds is 4. The van der Waals surface area contributed by atoms with Crippen LogP contribution >= 0.6 is 0 Å². The van der Waals surface area contributed by atoms with Crippen LogP contribution in [0.4, 0.5) is 13.2 Å². The van der Waals surface area contributed by atoms with Crippen LogP contribution in [0.15, 0.2) is 0 Å². The van der Waals surface area contributed by atoms with Gasteiger partial charge in [0.1, 0.15) is 5.78 Å². The van der Waals surface area contributed by atoms with Gasteiger partial charge in [0.15, 0.2) is 0 Å². The molecule has 2 aliphatic heterocycles. The van der Waals surface area contributed by atoms with Crippen LogP contribution in [-0.4, -0.2) is 50.5 Å². The van der Waals surface area contributed by atoms with Crippen molar-refractivity contribution in [3.05, 3.63) is 0 Å². The van der Waals surface area contributed by atoms with Gasteiger partial charge in [-0.05, 0) is 25.7 Å². The molecule has 0 bridgehead atoms. The largest absolute Gasteiger partial charge is 0.401 e. The lowest BCUT2D eigenvalue weighted by molar-refractivity contribution is -0.157. The lowest BCUT2D eigenvalue weighted by atomic mass is 9.79. The number of alkyl halides is 3. The van der Waals surface area contributed by atoms with Crippen molar-refractivity contribution in [2.45, 2.75) is 37.5 Å². The fourth-order valence-corrected chi connectivity index (χ4v) is 2.87. The molecule has 0 aromatic rings. The van der Waals surface area contributed by atoms with Gasteiger partial charge in [-0.3, -0.25) is 4.79 Å². The highest BCUT2D eigenvalue weighted by Crippen LogP contribution is 2.37. The Morgan fingerprint density at radius 1 is 1.25 bits per heavy atom. The van der Waals surface area contributed by atoms with Crippen LogP contribution in [0.3, 0.4) is 0 Å². The zero-order valence-electron chi connectivity index (χ0n) is 11.3. The van der Waals surface area contributed by atoms with Gasteiger partial charge in [0.25, 0.3) is 0 Å². The van der Waals surface area contributed by atoms with Crippen molar-refractivity contribution in [3.63, 3.8) is 0 Å². The zero-order valence-corrected chi connectivity index (χ0v) is 11.3. The van der Waals surface area contributed by atoms with Gasteiger partial charge in [-0.2, -0.15) is 13.2 Å². The summed E-state index contributed by atoms with van der Waals surface area (Å²) in [5.41, 5.74) is -0.305. The Kier molecular flexibility index (Phi) is 5.04. The lowest BCUT2D eigenvalue weighted by Gasteiger charge is -2.42. The van der Waals surface area contributed by atoms with E-state index in [1.54, 1.807) is 0 Å². The molecule has 0 aromatic heterocycles. The molecule has 116 valence electrons. The Bertz CT molecular complexity index is 335. The van der Waals surface area contributed by atoms with Crippen molar-refractivity contribution in [2.24, 2.45) is 5.92 Å². The normalized spacial score (nSPS) is 26.6. The van der Waals surface area contributed by atoms with Gasteiger partial charge >= 0.3 is 6.18 Å².